The predicted molar refractivity (Wildman–Crippen MR) is 63.9 cm³/mol. The molecule has 0 aliphatic carbocycles. The lowest BCUT2D eigenvalue weighted by Crippen LogP contribution is -1.76. The van der Waals surface area contributed by atoms with E-state index >= 15 is 0 Å². The van der Waals surface area contributed by atoms with Gasteiger partial charge in [-0.05, 0) is 29.3 Å². The van der Waals surface area contributed by atoms with Crippen molar-refractivity contribution in [3.8, 4) is 11.1 Å². The molecule has 0 atom stereocenters. The Bertz CT molecular complexity index is 584. The summed E-state index contributed by atoms with van der Waals surface area (Å²) in [5.74, 6) is 0. The van der Waals surface area contributed by atoms with Crippen molar-refractivity contribution < 1.29 is 0 Å². The Morgan fingerprint density at radius 1 is 1.00 bits per heavy atom. The third-order valence-electron chi connectivity index (χ3n) is 2.38. The number of fused-ring (bicyclic) bond motifs is 1. The molecular formula is C13H8NS. The van der Waals surface area contributed by atoms with Crippen LogP contribution in [0, 0.1) is 6.07 Å². The van der Waals surface area contributed by atoms with Crippen LogP contribution in [0.5, 0.6) is 0 Å². The average molecular weight is 210 g/mol. The molecular weight excluding hydrogens is 202 g/mol. The first-order valence-electron chi connectivity index (χ1n) is 4.73. The number of thiazole rings is 1. The Kier molecular flexibility index (Phi) is 2.00. The lowest BCUT2D eigenvalue weighted by Gasteiger charge is -2.00. The molecule has 1 aromatic heterocycles. The normalized spacial score (nSPS) is 10.7. The van der Waals surface area contributed by atoms with Crippen LogP contribution in [0.2, 0.25) is 0 Å². The first-order chi connectivity index (χ1) is 7.43. The van der Waals surface area contributed by atoms with E-state index in [9.17, 15) is 0 Å². The molecule has 1 radical (unpaired) electrons. The minimum atomic E-state index is 1.07. The molecule has 0 bridgehead atoms. The summed E-state index contributed by atoms with van der Waals surface area (Å²) in [4.78, 5) is 4.32. The van der Waals surface area contributed by atoms with Gasteiger partial charge in [-0.3, -0.25) is 0 Å². The van der Waals surface area contributed by atoms with Crippen molar-refractivity contribution in [2.24, 2.45) is 0 Å². The largest absolute Gasteiger partial charge is 0.245 e. The summed E-state index contributed by atoms with van der Waals surface area (Å²) in [6.07, 6.45) is 0. The molecule has 71 valence electrons. The third-order valence-corrected chi connectivity index (χ3v) is 3.19. The van der Waals surface area contributed by atoms with Gasteiger partial charge in [-0.25, -0.2) is 4.98 Å². The number of aromatic nitrogens is 1. The van der Waals surface area contributed by atoms with Crippen LogP contribution >= 0.6 is 11.3 Å². The molecule has 0 saturated heterocycles. The number of benzene rings is 2. The average Bonchev–Trinajstić information content (AvgIpc) is 2.77. The number of nitrogens with zero attached hydrogens (tertiary/aromatic N) is 1. The summed E-state index contributed by atoms with van der Waals surface area (Å²) >= 11 is 1.67. The minimum Gasteiger partial charge on any atom is -0.245 e. The molecule has 3 aromatic rings. The molecule has 3 rings (SSSR count). The minimum absolute atomic E-state index is 1.07. The van der Waals surface area contributed by atoms with Crippen LogP contribution in [-0.2, 0) is 0 Å². The van der Waals surface area contributed by atoms with Crippen LogP contribution in [0.3, 0.4) is 0 Å². The fourth-order valence-corrected chi connectivity index (χ4v) is 2.28. The van der Waals surface area contributed by atoms with Gasteiger partial charge < -0.3 is 0 Å². The standard InChI is InChI=1S/C13H8NS/c1-2-4-10(5-3-1)11-6-7-13-12(8-11)14-9-15-13/h2-9H. The molecule has 15 heavy (non-hydrogen) atoms. The van der Waals surface area contributed by atoms with Crippen molar-refractivity contribution in [1.82, 2.24) is 4.98 Å². The predicted octanol–water partition coefficient (Wildman–Crippen LogP) is 3.76. The van der Waals surface area contributed by atoms with E-state index in [0.717, 1.165) is 5.52 Å². The summed E-state index contributed by atoms with van der Waals surface area (Å²) in [7, 11) is 0. The van der Waals surface area contributed by atoms with Crippen molar-refractivity contribution in [1.29, 1.82) is 0 Å². The zero-order chi connectivity index (χ0) is 10.1. The molecule has 0 amide bonds. The van der Waals surface area contributed by atoms with Gasteiger partial charge in [0.15, 0.2) is 0 Å². The summed E-state index contributed by atoms with van der Waals surface area (Å²) in [5.41, 5.74) is 5.38. The lowest BCUT2D eigenvalue weighted by atomic mass is 10.1. The van der Waals surface area contributed by atoms with Crippen molar-refractivity contribution >= 4 is 21.6 Å². The fourth-order valence-electron chi connectivity index (χ4n) is 1.62. The van der Waals surface area contributed by atoms with E-state index in [1.54, 1.807) is 11.3 Å². The van der Waals surface area contributed by atoms with E-state index in [1.807, 2.05) is 17.6 Å². The molecule has 1 heterocycles. The Morgan fingerprint density at radius 2 is 1.87 bits per heavy atom. The topological polar surface area (TPSA) is 12.9 Å². The fraction of sp³-hybridized carbons (Fsp3) is 0. The summed E-state index contributed by atoms with van der Waals surface area (Å²) in [6, 6.07) is 17.4. The van der Waals surface area contributed by atoms with Gasteiger partial charge in [0.2, 0.25) is 0 Å². The van der Waals surface area contributed by atoms with Gasteiger partial charge in [0.1, 0.15) is 0 Å². The highest BCUT2D eigenvalue weighted by atomic mass is 32.1. The zero-order valence-electron chi connectivity index (χ0n) is 7.97. The Morgan fingerprint density at radius 3 is 2.73 bits per heavy atom. The zero-order valence-corrected chi connectivity index (χ0v) is 8.79. The van der Waals surface area contributed by atoms with Crippen LogP contribution < -0.4 is 0 Å². The highest BCUT2D eigenvalue weighted by molar-refractivity contribution is 7.16. The van der Waals surface area contributed by atoms with Crippen molar-refractivity contribution in [2.75, 3.05) is 0 Å². The van der Waals surface area contributed by atoms with E-state index in [2.05, 4.69) is 41.4 Å². The van der Waals surface area contributed by atoms with Gasteiger partial charge in [0, 0.05) is 0 Å². The molecule has 2 aromatic carbocycles. The van der Waals surface area contributed by atoms with E-state index < -0.39 is 0 Å². The smallest absolute Gasteiger partial charge is 0.0818 e. The van der Waals surface area contributed by atoms with Gasteiger partial charge in [0.25, 0.3) is 0 Å². The molecule has 2 heteroatoms. The van der Waals surface area contributed by atoms with E-state index in [-0.39, 0.29) is 0 Å². The van der Waals surface area contributed by atoms with Crippen LogP contribution in [0.4, 0.5) is 0 Å². The summed E-state index contributed by atoms with van der Waals surface area (Å²) < 4.78 is 1.24. The quantitative estimate of drug-likeness (QED) is 0.596. The maximum Gasteiger partial charge on any atom is 0.0818 e. The van der Waals surface area contributed by atoms with Crippen LogP contribution in [0.15, 0.2) is 48.0 Å². The number of hydrogen-bond acceptors (Lipinski definition) is 2. The SMILES string of the molecule is [c]1ccc(-c2ccc3scnc3c2)cc1. The van der Waals surface area contributed by atoms with Crippen molar-refractivity contribution in [2.45, 2.75) is 0 Å². The van der Waals surface area contributed by atoms with Gasteiger partial charge >= 0.3 is 0 Å². The maximum atomic E-state index is 4.32. The first kappa shape index (κ1) is 8.62. The lowest BCUT2D eigenvalue weighted by molar-refractivity contribution is 1.50. The maximum absolute atomic E-state index is 4.32. The molecule has 1 nitrogen and oxygen atoms in total. The summed E-state index contributed by atoms with van der Waals surface area (Å²) in [6.45, 7) is 0. The van der Waals surface area contributed by atoms with Crippen molar-refractivity contribution in [3.05, 3.63) is 54.0 Å². The van der Waals surface area contributed by atoms with E-state index in [4.69, 9.17) is 0 Å². The van der Waals surface area contributed by atoms with Crippen LogP contribution in [0.25, 0.3) is 21.3 Å². The molecule has 0 N–H and O–H groups in total. The number of hydrogen-bond donors (Lipinski definition) is 0. The Hall–Kier alpha value is -1.67. The Balaban J connectivity index is 2.19. The van der Waals surface area contributed by atoms with Gasteiger partial charge in [-0.2, -0.15) is 0 Å². The molecule has 0 aliphatic heterocycles. The molecule has 0 aliphatic rings. The Labute approximate surface area is 92.0 Å². The second kappa shape index (κ2) is 3.48. The van der Waals surface area contributed by atoms with Gasteiger partial charge in [0.05, 0.1) is 15.7 Å². The summed E-state index contributed by atoms with van der Waals surface area (Å²) in [5, 5.41) is 0. The van der Waals surface area contributed by atoms with E-state index in [1.165, 1.54) is 15.8 Å². The second-order valence-electron chi connectivity index (χ2n) is 3.32. The molecule has 0 spiro atoms. The van der Waals surface area contributed by atoms with Crippen LogP contribution in [-0.4, -0.2) is 4.98 Å². The van der Waals surface area contributed by atoms with Crippen LogP contribution in [0.1, 0.15) is 0 Å². The molecule has 0 saturated carbocycles. The highest BCUT2D eigenvalue weighted by Gasteiger charge is 2.00. The number of rotatable bonds is 1. The van der Waals surface area contributed by atoms with Gasteiger partial charge in [-0.15, -0.1) is 11.3 Å². The second-order valence-corrected chi connectivity index (χ2v) is 4.21. The molecule has 0 unspecified atom stereocenters. The van der Waals surface area contributed by atoms with Gasteiger partial charge in [-0.1, -0.05) is 30.3 Å². The van der Waals surface area contributed by atoms with E-state index in [0.29, 0.717) is 0 Å². The monoisotopic (exact) mass is 210 g/mol. The third kappa shape index (κ3) is 1.53. The molecule has 0 fully saturated rings. The first-order valence-corrected chi connectivity index (χ1v) is 5.61. The van der Waals surface area contributed by atoms with Crippen molar-refractivity contribution in [3.63, 3.8) is 0 Å². The highest BCUT2D eigenvalue weighted by Crippen LogP contribution is 2.25.